The van der Waals surface area contributed by atoms with Gasteiger partial charge in [-0.25, -0.2) is 15.0 Å². The van der Waals surface area contributed by atoms with Crippen LogP contribution in [-0.2, 0) is 18.3 Å². The van der Waals surface area contributed by atoms with Crippen molar-refractivity contribution in [3.63, 3.8) is 0 Å². The monoisotopic (exact) mass is 315 g/mol. The predicted octanol–water partition coefficient (Wildman–Crippen LogP) is 1.02. The van der Waals surface area contributed by atoms with Gasteiger partial charge in [-0.3, -0.25) is 4.90 Å². The number of likely N-dealkylation sites (tertiary alicyclic amines) is 1. The van der Waals surface area contributed by atoms with Crippen molar-refractivity contribution < 1.29 is 9.47 Å². The van der Waals surface area contributed by atoms with Gasteiger partial charge in [0.1, 0.15) is 11.9 Å². The van der Waals surface area contributed by atoms with Gasteiger partial charge in [0, 0.05) is 51.3 Å². The number of aromatic nitrogens is 4. The molecule has 0 radical (unpaired) electrons. The molecule has 1 spiro atoms. The second kappa shape index (κ2) is 5.90. The maximum Gasteiger partial charge on any atom is 0.316 e. The minimum absolute atomic E-state index is 0.0329. The van der Waals surface area contributed by atoms with E-state index in [1.165, 1.54) is 0 Å². The van der Waals surface area contributed by atoms with Gasteiger partial charge in [0.25, 0.3) is 0 Å². The summed E-state index contributed by atoms with van der Waals surface area (Å²) in [7, 11) is 2.03. The Bertz CT molecular complexity index is 662. The maximum atomic E-state index is 6.12. The van der Waals surface area contributed by atoms with Gasteiger partial charge in [-0.15, -0.1) is 0 Å². The quantitative estimate of drug-likeness (QED) is 0.839. The molecule has 23 heavy (non-hydrogen) atoms. The number of hydrogen-bond acceptors (Lipinski definition) is 6. The van der Waals surface area contributed by atoms with E-state index in [1.807, 2.05) is 19.4 Å². The van der Waals surface area contributed by atoms with Crippen molar-refractivity contribution in [3.8, 4) is 6.01 Å². The normalized spacial score (nSPS) is 27.8. The van der Waals surface area contributed by atoms with Gasteiger partial charge >= 0.3 is 6.01 Å². The minimum Gasteiger partial charge on any atom is -0.458 e. The van der Waals surface area contributed by atoms with Gasteiger partial charge in [-0.1, -0.05) is 0 Å². The fourth-order valence-corrected chi connectivity index (χ4v) is 3.47. The van der Waals surface area contributed by atoms with Crippen LogP contribution in [0.3, 0.4) is 0 Å². The molecule has 7 nitrogen and oxygen atoms in total. The van der Waals surface area contributed by atoms with Crippen LogP contribution >= 0.6 is 0 Å². The smallest absolute Gasteiger partial charge is 0.316 e. The molecule has 0 amide bonds. The van der Waals surface area contributed by atoms with E-state index in [0.717, 1.165) is 38.3 Å². The van der Waals surface area contributed by atoms with E-state index in [4.69, 9.17) is 9.47 Å². The van der Waals surface area contributed by atoms with Gasteiger partial charge in [0.2, 0.25) is 0 Å². The van der Waals surface area contributed by atoms with Crippen LogP contribution in [0.15, 0.2) is 30.9 Å². The summed E-state index contributed by atoms with van der Waals surface area (Å²) >= 11 is 0. The Hall–Kier alpha value is -1.99. The number of hydrogen-bond donors (Lipinski definition) is 0. The summed E-state index contributed by atoms with van der Waals surface area (Å²) in [5.41, 5.74) is -0.0926. The third-order valence-electron chi connectivity index (χ3n) is 4.67. The number of nitrogens with zero attached hydrogens (tertiary/aromatic N) is 5. The summed E-state index contributed by atoms with van der Waals surface area (Å²) in [6.45, 7) is 3.42. The second-order valence-electron chi connectivity index (χ2n) is 6.38. The van der Waals surface area contributed by atoms with E-state index in [9.17, 15) is 0 Å². The lowest BCUT2D eigenvalue weighted by molar-refractivity contribution is 0.00890. The van der Waals surface area contributed by atoms with Crippen molar-refractivity contribution in [2.24, 2.45) is 7.05 Å². The van der Waals surface area contributed by atoms with Crippen molar-refractivity contribution >= 4 is 0 Å². The highest BCUT2D eigenvalue weighted by Crippen LogP contribution is 2.36. The lowest BCUT2D eigenvalue weighted by Crippen LogP contribution is -2.33. The first-order chi connectivity index (χ1) is 11.2. The van der Waals surface area contributed by atoms with E-state index in [1.54, 1.807) is 18.5 Å². The summed E-state index contributed by atoms with van der Waals surface area (Å²) in [6.07, 6.45) is 9.17. The van der Waals surface area contributed by atoms with Crippen molar-refractivity contribution in [2.45, 2.75) is 31.1 Å². The van der Waals surface area contributed by atoms with E-state index in [-0.39, 0.29) is 11.7 Å². The zero-order valence-electron chi connectivity index (χ0n) is 13.3. The molecule has 2 atom stereocenters. The Balaban J connectivity index is 1.35. The van der Waals surface area contributed by atoms with Gasteiger partial charge in [0.05, 0.1) is 18.8 Å². The number of rotatable bonds is 4. The molecule has 2 unspecified atom stereocenters. The summed E-state index contributed by atoms with van der Waals surface area (Å²) in [4.78, 5) is 15.1. The van der Waals surface area contributed by atoms with Gasteiger partial charge in [-0.05, 0) is 12.5 Å². The fourth-order valence-electron chi connectivity index (χ4n) is 3.47. The number of aryl methyl sites for hydroxylation is 1. The van der Waals surface area contributed by atoms with Crippen molar-refractivity contribution in [2.75, 3.05) is 19.7 Å². The molecule has 2 aliphatic rings. The third-order valence-corrected chi connectivity index (χ3v) is 4.67. The maximum absolute atomic E-state index is 6.12. The van der Waals surface area contributed by atoms with Crippen LogP contribution in [-0.4, -0.2) is 55.8 Å². The standard InChI is InChI=1S/C16H21N5O2/c1-20-8-6-17-14(20)10-21-7-3-16(12-21)9-13(11-22-16)23-15-18-4-2-5-19-15/h2,4-6,8,13H,3,7,9-12H2,1H3. The highest BCUT2D eigenvalue weighted by molar-refractivity contribution is 5.02. The first-order valence-electron chi connectivity index (χ1n) is 7.99. The fraction of sp³-hybridized carbons (Fsp3) is 0.562. The number of ether oxygens (including phenoxy) is 2. The van der Waals surface area contributed by atoms with Crippen molar-refractivity contribution in [1.82, 2.24) is 24.4 Å². The summed E-state index contributed by atoms with van der Waals surface area (Å²) in [6, 6.07) is 2.22. The molecule has 2 aliphatic heterocycles. The van der Waals surface area contributed by atoms with Gasteiger partial charge < -0.3 is 14.0 Å². The average molecular weight is 315 g/mol. The van der Waals surface area contributed by atoms with Crippen LogP contribution in [0.1, 0.15) is 18.7 Å². The molecule has 0 bridgehead atoms. The molecule has 2 aromatic heterocycles. The highest BCUT2D eigenvalue weighted by Gasteiger charge is 2.46. The summed E-state index contributed by atoms with van der Waals surface area (Å²) < 4.78 is 14.0. The van der Waals surface area contributed by atoms with Crippen molar-refractivity contribution in [3.05, 3.63) is 36.7 Å². The van der Waals surface area contributed by atoms with Crippen molar-refractivity contribution in [1.29, 1.82) is 0 Å². The van der Waals surface area contributed by atoms with Crippen LogP contribution in [0.2, 0.25) is 0 Å². The second-order valence-corrected chi connectivity index (χ2v) is 6.38. The zero-order chi connectivity index (χ0) is 15.7. The average Bonchev–Trinajstić information content (AvgIpc) is 3.25. The first kappa shape index (κ1) is 14.6. The van der Waals surface area contributed by atoms with Gasteiger partial charge in [0.15, 0.2) is 0 Å². The summed E-state index contributed by atoms with van der Waals surface area (Å²) in [5, 5.41) is 0. The van der Waals surface area contributed by atoms with E-state index in [2.05, 4.69) is 24.4 Å². The summed E-state index contributed by atoms with van der Waals surface area (Å²) in [5.74, 6) is 1.09. The lowest BCUT2D eigenvalue weighted by atomic mass is 9.98. The SMILES string of the molecule is Cn1ccnc1CN1CCC2(CC(Oc3ncccn3)CO2)C1. The molecule has 4 heterocycles. The molecular weight excluding hydrogens is 294 g/mol. The molecule has 2 aromatic rings. The molecule has 7 heteroatoms. The predicted molar refractivity (Wildman–Crippen MR) is 82.9 cm³/mol. The van der Waals surface area contributed by atoms with Gasteiger partial charge in [-0.2, -0.15) is 0 Å². The Morgan fingerprint density at radius 1 is 1.30 bits per heavy atom. The largest absolute Gasteiger partial charge is 0.458 e. The Morgan fingerprint density at radius 2 is 2.17 bits per heavy atom. The Kier molecular flexibility index (Phi) is 3.74. The molecule has 0 aromatic carbocycles. The molecule has 0 saturated carbocycles. The first-order valence-corrected chi connectivity index (χ1v) is 7.99. The highest BCUT2D eigenvalue weighted by atomic mass is 16.6. The Morgan fingerprint density at radius 3 is 2.96 bits per heavy atom. The molecule has 122 valence electrons. The van der Waals surface area contributed by atoms with Crippen LogP contribution in [0.25, 0.3) is 0 Å². The third kappa shape index (κ3) is 3.07. The van der Waals surface area contributed by atoms with E-state index >= 15 is 0 Å². The minimum atomic E-state index is -0.0926. The van der Waals surface area contributed by atoms with Crippen LogP contribution in [0.4, 0.5) is 0 Å². The zero-order valence-corrected chi connectivity index (χ0v) is 13.3. The lowest BCUT2D eigenvalue weighted by Gasteiger charge is -2.23. The topological polar surface area (TPSA) is 65.3 Å². The van der Waals surface area contributed by atoms with E-state index < -0.39 is 0 Å². The van der Waals surface area contributed by atoms with Crippen LogP contribution in [0, 0.1) is 0 Å². The number of imidazole rings is 1. The molecule has 2 saturated heterocycles. The molecular formula is C16H21N5O2. The molecule has 4 rings (SSSR count). The molecule has 0 aliphatic carbocycles. The van der Waals surface area contributed by atoms with Crippen LogP contribution in [0.5, 0.6) is 6.01 Å². The van der Waals surface area contributed by atoms with E-state index in [0.29, 0.717) is 12.6 Å². The molecule has 2 fully saturated rings. The Labute approximate surface area is 135 Å². The van der Waals surface area contributed by atoms with Crippen LogP contribution < -0.4 is 4.74 Å². The molecule has 0 N–H and O–H groups in total.